The zero-order chi connectivity index (χ0) is 19.8. The lowest BCUT2D eigenvalue weighted by Crippen LogP contribution is -2.35. The normalized spacial score (nSPS) is 15.4. The SMILES string of the molecule is CN1CCC(Oc2ccc(CNC(=O)CSCc3ccc(F)cc3)cc2)CC1. The van der Waals surface area contributed by atoms with Gasteiger partial charge in [-0.2, -0.15) is 0 Å². The monoisotopic (exact) mass is 402 g/mol. The summed E-state index contributed by atoms with van der Waals surface area (Å²) >= 11 is 1.52. The Hall–Kier alpha value is -2.05. The Balaban J connectivity index is 1.34. The molecule has 1 fully saturated rings. The Bertz CT molecular complexity index is 744. The fraction of sp³-hybridized carbons (Fsp3) is 0.409. The van der Waals surface area contributed by atoms with Crippen LogP contribution in [0.15, 0.2) is 48.5 Å². The minimum absolute atomic E-state index is 0.00114. The number of hydrogen-bond acceptors (Lipinski definition) is 4. The van der Waals surface area contributed by atoms with E-state index in [1.807, 2.05) is 24.3 Å². The van der Waals surface area contributed by atoms with Crippen LogP contribution in [0.5, 0.6) is 5.75 Å². The van der Waals surface area contributed by atoms with E-state index in [4.69, 9.17) is 4.74 Å². The first-order valence-corrected chi connectivity index (χ1v) is 10.8. The van der Waals surface area contributed by atoms with Crippen LogP contribution in [-0.2, 0) is 17.1 Å². The van der Waals surface area contributed by atoms with E-state index in [-0.39, 0.29) is 11.7 Å². The van der Waals surface area contributed by atoms with E-state index < -0.39 is 0 Å². The molecule has 0 bridgehead atoms. The molecule has 3 rings (SSSR count). The van der Waals surface area contributed by atoms with Gasteiger partial charge in [0.2, 0.25) is 5.91 Å². The molecule has 1 N–H and O–H groups in total. The Morgan fingerprint density at radius 2 is 1.75 bits per heavy atom. The quantitative estimate of drug-likeness (QED) is 0.728. The second-order valence-corrected chi connectivity index (χ2v) is 8.15. The molecule has 0 atom stereocenters. The van der Waals surface area contributed by atoms with Gasteiger partial charge in [-0.3, -0.25) is 4.79 Å². The van der Waals surface area contributed by atoms with Crippen molar-refractivity contribution in [1.82, 2.24) is 10.2 Å². The van der Waals surface area contributed by atoms with Gasteiger partial charge in [-0.05, 0) is 55.3 Å². The van der Waals surface area contributed by atoms with Crippen LogP contribution >= 0.6 is 11.8 Å². The van der Waals surface area contributed by atoms with Crippen molar-refractivity contribution in [3.63, 3.8) is 0 Å². The molecule has 0 aromatic heterocycles. The van der Waals surface area contributed by atoms with E-state index >= 15 is 0 Å². The second kappa shape index (κ2) is 10.5. The summed E-state index contributed by atoms with van der Waals surface area (Å²) in [6.45, 7) is 2.66. The average Bonchev–Trinajstić information content (AvgIpc) is 2.71. The first-order valence-electron chi connectivity index (χ1n) is 9.61. The minimum atomic E-state index is -0.241. The van der Waals surface area contributed by atoms with Gasteiger partial charge in [0.05, 0.1) is 5.75 Å². The van der Waals surface area contributed by atoms with Crippen molar-refractivity contribution in [3.05, 3.63) is 65.5 Å². The number of amides is 1. The van der Waals surface area contributed by atoms with Crippen molar-refractivity contribution >= 4 is 17.7 Å². The lowest BCUT2D eigenvalue weighted by atomic mass is 10.1. The van der Waals surface area contributed by atoms with E-state index in [2.05, 4.69) is 17.3 Å². The van der Waals surface area contributed by atoms with Gasteiger partial charge in [-0.1, -0.05) is 24.3 Å². The second-order valence-electron chi connectivity index (χ2n) is 7.16. The van der Waals surface area contributed by atoms with Crippen molar-refractivity contribution in [3.8, 4) is 5.75 Å². The van der Waals surface area contributed by atoms with Crippen molar-refractivity contribution in [2.45, 2.75) is 31.2 Å². The number of carbonyl (C=O) groups is 1. The van der Waals surface area contributed by atoms with E-state index in [0.717, 1.165) is 42.8 Å². The van der Waals surface area contributed by atoms with Crippen molar-refractivity contribution in [2.24, 2.45) is 0 Å². The van der Waals surface area contributed by atoms with Crippen LogP contribution in [0.3, 0.4) is 0 Å². The molecule has 150 valence electrons. The highest BCUT2D eigenvalue weighted by Gasteiger charge is 2.17. The highest BCUT2D eigenvalue weighted by atomic mass is 32.2. The topological polar surface area (TPSA) is 41.6 Å². The number of hydrogen-bond donors (Lipinski definition) is 1. The van der Waals surface area contributed by atoms with Gasteiger partial charge in [-0.25, -0.2) is 4.39 Å². The molecule has 0 aliphatic carbocycles. The number of carbonyl (C=O) groups excluding carboxylic acids is 1. The predicted molar refractivity (Wildman–Crippen MR) is 112 cm³/mol. The molecule has 0 saturated carbocycles. The van der Waals surface area contributed by atoms with Gasteiger partial charge < -0.3 is 15.0 Å². The summed E-state index contributed by atoms with van der Waals surface area (Å²) in [6.07, 6.45) is 2.41. The number of ether oxygens (including phenoxy) is 1. The van der Waals surface area contributed by atoms with Crippen LogP contribution in [0.25, 0.3) is 0 Å². The number of benzene rings is 2. The summed E-state index contributed by atoms with van der Waals surface area (Å²) < 4.78 is 18.9. The van der Waals surface area contributed by atoms with Crippen LogP contribution in [0.2, 0.25) is 0 Å². The number of halogens is 1. The first-order chi connectivity index (χ1) is 13.6. The highest BCUT2D eigenvalue weighted by molar-refractivity contribution is 7.99. The summed E-state index contributed by atoms with van der Waals surface area (Å²) in [5.74, 6) is 1.72. The largest absolute Gasteiger partial charge is 0.490 e. The summed E-state index contributed by atoms with van der Waals surface area (Å²) in [5.41, 5.74) is 2.06. The molecule has 1 amide bonds. The third-order valence-electron chi connectivity index (χ3n) is 4.80. The lowest BCUT2D eigenvalue weighted by Gasteiger charge is -2.29. The maximum absolute atomic E-state index is 12.9. The number of nitrogens with zero attached hydrogens (tertiary/aromatic N) is 1. The molecule has 1 aliphatic rings. The summed E-state index contributed by atoms with van der Waals surface area (Å²) in [6, 6.07) is 14.3. The molecular formula is C22H27FN2O2S. The van der Waals surface area contributed by atoms with Crippen LogP contribution in [0, 0.1) is 5.82 Å². The van der Waals surface area contributed by atoms with Gasteiger partial charge in [0.1, 0.15) is 17.7 Å². The molecule has 2 aromatic carbocycles. The average molecular weight is 403 g/mol. The number of likely N-dealkylation sites (tertiary alicyclic amines) is 1. The number of thioether (sulfide) groups is 1. The summed E-state index contributed by atoms with van der Waals surface area (Å²) in [7, 11) is 2.14. The molecule has 6 heteroatoms. The smallest absolute Gasteiger partial charge is 0.230 e. The molecule has 0 spiro atoms. The standard InChI is InChI=1S/C22H27FN2O2S/c1-25-12-10-21(11-13-25)27-20-8-4-17(5-9-20)14-24-22(26)16-28-15-18-2-6-19(23)7-3-18/h2-9,21H,10-16H2,1H3,(H,24,26). The zero-order valence-electron chi connectivity index (χ0n) is 16.2. The van der Waals surface area contributed by atoms with Crippen LogP contribution in [-0.4, -0.2) is 42.8 Å². The lowest BCUT2D eigenvalue weighted by molar-refractivity contribution is -0.118. The van der Waals surface area contributed by atoms with Gasteiger partial charge >= 0.3 is 0 Å². The van der Waals surface area contributed by atoms with Gasteiger partial charge in [-0.15, -0.1) is 11.8 Å². The molecule has 28 heavy (non-hydrogen) atoms. The Kier molecular flexibility index (Phi) is 7.74. The molecule has 2 aromatic rings. The number of piperidine rings is 1. The molecule has 1 heterocycles. The zero-order valence-corrected chi connectivity index (χ0v) is 17.0. The van der Waals surface area contributed by atoms with E-state index in [0.29, 0.717) is 24.2 Å². The van der Waals surface area contributed by atoms with Gasteiger partial charge in [0, 0.05) is 25.4 Å². The Morgan fingerprint density at radius 3 is 2.43 bits per heavy atom. The maximum Gasteiger partial charge on any atom is 0.230 e. The van der Waals surface area contributed by atoms with E-state index in [1.54, 1.807) is 12.1 Å². The van der Waals surface area contributed by atoms with E-state index in [1.165, 1.54) is 23.9 Å². The van der Waals surface area contributed by atoms with Crippen LogP contribution in [0.1, 0.15) is 24.0 Å². The number of nitrogens with one attached hydrogen (secondary N) is 1. The number of rotatable bonds is 8. The van der Waals surface area contributed by atoms with Crippen molar-refractivity contribution in [1.29, 1.82) is 0 Å². The van der Waals surface area contributed by atoms with E-state index in [9.17, 15) is 9.18 Å². The molecule has 0 radical (unpaired) electrons. The maximum atomic E-state index is 12.9. The Morgan fingerprint density at radius 1 is 1.11 bits per heavy atom. The van der Waals surface area contributed by atoms with Crippen molar-refractivity contribution < 1.29 is 13.9 Å². The highest BCUT2D eigenvalue weighted by Crippen LogP contribution is 2.19. The Labute approximate surface area is 170 Å². The predicted octanol–water partition coefficient (Wildman–Crippen LogP) is 3.85. The van der Waals surface area contributed by atoms with Crippen molar-refractivity contribution in [2.75, 3.05) is 25.9 Å². The molecule has 0 unspecified atom stereocenters. The fourth-order valence-corrected chi connectivity index (χ4v) is 3.89. The molecule has 4 nitrogen and oxygen atoms in total. The third-order valence-corrected chi connectivity index (χ3v) is 5.80. The minimum Gasteiger partial charge on any atom is -0.490 e. The molecule has 1 saturated heterocycles. The summed E-state index contributed by atoms with van der Waals surface area (Å²) in [5, 5.41) is 2.93. The van der Waals surface area contributed by atoms with Crippen LogP contribution in [0.4, 0.5) is 4.39 Å². The van der Waals surface area contributed by atoms with Gasteiger partial charge in [0.15, 0.2) is 0 Å². The third kappa shape index (κ3) is 6.84. The fourth-order valence-electron chi connectivity index (χ4n) is 3.07. The molecular weight excluding hydrogens is 375 g/mol. The molecule has 1 aliphatic heterocycles. The summed E-state index contributed by atoms with van der Waals surface area (Å²) in [4.78, 5) is 14.3. The first kappa shape index (κ1) is 20.7. The van der Waals surface area contributed by atoms with Gasteiger partial charge in [0.25, 0.3) is 0 Å². The van der Waals surface area contributed by atoms with Crippen LogP contribution < -0.4 is 10.1 Å².